The molecule has 0 aliphatic carbocycles. The number of hydrazine groups is 1. The van der Waals surface area contributed by atoms with Crippen molar-refractivity contribution in [1.82, 2.24) is 15.4 Å². The number of hydrogen-bond acceptors (Lipinski definition) is 6. The van der Waals surface area contributed by atoms with Gasteiger partial charge in [-0.05, 0) is 25.1 Å². The van der Waals surface area contributed by atoms with Crippen molar-refractivity contribution < 1.29 is 14.6 Å². The molecule has 2 rings (SSSR count). The summed E-state index contributed by atoms with van der Waals surface area (Å²) in [5.74, 6) is 4.90. The van der Waals surface area contributed by atoms with Crippen LogP contribution in [0.3, 0.4) is 0 Å². The molecule has 0 bridgehead atoms. The number of ether oxygens (including phenoxy) is 1. The first kappa shape index (κ1) is 13.8. The van der Waals surface area contributed by atoms with E-state index in [9.17, 15) is 9.90 Å². The van der Waals surface area contributed by atoms with E-state index in [0.29, 0.717) is 23.6 Å². The van der Waals surface area contributed by atoms with Crippen molar-refractivity contribution in [2.75, 3.05) is 6.61 Å². The number of nitrogen functional groups attached to an aromatic ring is 1. The summed E-state index contributed by atoms with van der Waals surface area (Å²) in [5.41, 5.74) is 3.15. The van der Waals surface area contributed by atoms with E-state index in [1.54, 1.807) is 12.1 Å². The second kappa shape index (κ2) is 5.98. The number of aromatic hydroxyl groups is 1. The minimum atomic E-state index is -0.533. The minimum Gasteiger partial charge on any atom is -0.504 e. The summed E-state index contributed by atoms with van der Waals surface area (Å²) in [6, 6.07) is 4.85. The number of phenolic OH excluding ortho intramolecular Hbond substituents is 1. The molecule has 20 heavy (non-hydrogen) atoms. The normalized spacial score (nSPS) is 10.1. The number of nitrogens with zero attached hydrogens (tertiary/aromatic N) is 2. The van der Waals surface area contributed by atoms with Crippen LogP contribution in [0.2, 0.25) is 0 Å². The zero-order valence-electron chi connectivity index (χ0n) is 10.8. The maximum atomic E-state index is 11.4. The van der Waals surface area contributed by atoms with Gasteiger partial charge in [0.1, 0.15) is 5.69 Å². The molecule has 2 aromatic rings. The van der Waals surface area contributed by atoms with Gasteiger partial charge in [-0.2, -0.15) is 0 Å². The van der Waals surface area contributed by atoms with Gasteiger partial charge in [-0.3, -0.25) is 15.2 Å². The number of amides is 1. The molecule has 0 saturated heterocycles. The van der Waals surface area contributed by atoms with Gasteiger partial charge in [-0.15, -0.1) is 0 Å². The van der Waals surface area contributed by atoms with Crippen molar-refractivity contribution >= 4 is 5.91 Å². The number of carbonyl (C=O) groups excluding carboxylic acids is 1. The molecule has 4 N–H and O–H groups in total. The van der Waals surface area contributed by atoms with E-state index in [-0.39, 0.29) is 11.4 Å². The van der Waals surface area contributed by atoms with Crippen LogP contribution in [0.15, 0.2) is 30.6 Å². The molecule has 0 aliphatic rings. The van der Waals surface area contributed by atoms with Crippen LogP contribution >= 0.6 is 0 Å². The summed E-state index contributed by atoms with van der Waals surface area (Å²) in [7, 11) is 0. The van der Waals surface area contributed by atoms with Gasteiger partial charge in [0, 0.05) is 5.56 Å². The Bertz CT molecular complexity index is 631. The molecular formula is C13H14N4O3. The quantitative estimate of drug-likeness (QED) is 0.433. The average Bonchev–Trinajstić information content (AvgIpc) is 2.49. The Labute approximate surface area is 115 Å². The maximum absolute atomic E-state index is 11.4. The predicted molar refractivity (Wildman–Crippen MR) is 72.0 cm³/mol. The first-order chi connectivity index (χ1) is 9.65. The van der Waals surface area contributed by atoms with Crippen LogP contribution in [-0.2, 0) is 0 Å². The van der Waals surface area contributed by atoms with E-state index in [0.717, 1.165) is 0 Å². The number of aromatic nitrogens is 2. The Kier molecular flexibility index (Phi) is 4.11. The smallest absolute Gasteiger partial charge is 0.285 e. The highest BCUT2D eigenvalue weighted by atomic mass is 16.5. The fourth-order valence-corrected chi connectivity index (χ4v) is 1.64. The van der Waals surface area contributed by atoms with E-state index < -0.39 is 5.91 Å². The number of phenols is 1. The van der Waals surface area contributed by atoms with Crippen molar-refractivity contribution in [3.63, 3.8) is 0 Å². The number of nitrogens with two attached hydrogens (primary N) is 1. The lowest BCUT2D eigenvalue weighted by Gasteiger charge is -2.08. The summed E-state index contributed by atoms with van der Waals surface area (Å²) in [6.45, 7) is 2.28. The number of hydrogen-bond donors (Lipinski definition) is 3. The van der Waals surface area contributed by atoms with E-state index in [4.69, 9.17) is 10.6 Å². The summed E-state index contributed by atoms with van der Waals surface area (Å²) >= 11 is 0. The first-order valence-corrected chi connectivity index (χ1v) is 5.95. The fourth-order valence-electron chi connectivity index (χ4n) is 1.64. The molecule has 0 fully saturated rings. The SMILES string of the molecule is CCOc1ccc(-c2cncc(C(=O)NN)n2)cc1O. The van der Waals surface area contributed by atoms with Crippen LogP contribution in [-0.4, -0.2) is 27.6 Å². The molecule has 0 unspecified atom stereocenters. The van der Waals surface area contributed by atoms with Crippen molar-refractivity contribution in [2.45, 2.75) is 6.92 Å². The molecule has 1 amide bonds. The monoisotopic (exact) mass is 274 g/mol. The number of benzene rings is 1. The van der Waals surface area contributed by atoms with Crippen molar-refractivity contribution in [1.29, 1.82) is 0 Å². The lowest BCUT2D eigenvalue weighted by Crippen LogP contribution is -2.30. The fraction of sp³-hybridized carbons (Fsp3) is 0.154. The Morgan fingerprint density at radius 3 is 2.90 bits per heavy atom. The molecular weight excluding hydrogens is 260 g/mol. The van der Waals surface area contributed by atoms with Crippen LogP contribution in [0.1, 0.15) is 17.4 Å². The van der Waals surface area contributed by atoms with Gasteiger partial charge in [0.05, 0.1) is 24.7 Å². The molecule has 7 nitrogen and oxygen atoms in total. The lowest BCUT2D eigenvalue weighted by atomic mass is 10.1. The van der Waals surface area contributed by atoms with Crippen molar-refractivity contribution in [3.05, 3.63) is 36.3 Å². The topological polar surface area (TPSA) is 110 Å². The molecule has 1 aromatic heterocycles. The van der Waals surface area contributed by atoms with Crippen LogP contribution in [0, 0.1) is 0 Å². The molecule has 0 spiro atoms. The van der Waals surface area contributed by atoms with Gasteiger partial charge in [-0.25, -0.2) is 10.8 Å². The van der Waals surface area contributed by atoms with Gasteiger partial charge < -0.3 is 9.84 Å². The van der Waals surface area contributed by atoms with Gasteiger partial charge in [0.25, 0.3) is 5.91 Å². The lowest BCUT2D eigenvalue weighted by molar-refractivity contribution is 0.0948. The third kappa shape index (κ3) is 2.83. The standard InChI is InChI=1S/C13H14N4O3/c1-2-20-12-4-3-8(5-11(12)18)9-6-15-7-10(16-9)13(19)17-14/h3-7,18H,2,14H2,1H3,(H,17,19). The van der Waals surface area contributed by atoms with Crippen LogP contribution in [0.25, 0.3) is 11.3 Å². The van der Waals surface area contributed by atoms with Crippen LogP contribution < -0.4 is 16.0 Å². The summed E-state index contributed by atoms with van der Waals surface area (Å²) in [6.07, 6.45) is 2.79. The Morgan fingerprint density at radius 1 is 1.45 bits per heavy atom. The Balaban J connectivity index is 2.36. The van der Waals surface area contributed by atoms with Gasteiger partial charge in [-0.1, -0.05) is 0 Å². The first-order valence-electron chi connectivity index (χ1n) is 5.95. The highest BCUT2D eigenvalue weighted by Gasteiger charge is 2.10. The third-order valence-electron chi connectivity index (χ3n) is 2.55. The molecule has 7 heteroatoms. The van der Waals surface area contributed by atoms with Gasteiger partial charge in [0.2, 0.25) is 0 Å². The average molecular weight is 274 g/mol. The van der Waals surface area contributed by atoms with Crippen LogP contribution in [0.4, 0.5) is 0 Å². The molecule has 0 radical (unpaired) electrons. The molecule has 0 saturated carbocycles. The third-order valence-corrected chi connectivity index (χ3v) is 2.55. The zero-order valence-corrected chi connectivity index (χ0v) is 10.8. The molecule has 0 atom stereocenters. The molecule has 0 aliphatic heterocycles. The summed E-state index contributed by atoms with van der Waals surface area (Å²) in [5, 5.41) is 9.84. The number of rotatable bonds is 4. The highest BCUT2D eigenvalue weighted by molar-refractivity contribution is 5.91. The van der Waals surface area contributed by atoms with Crippen LogP contribution in [0.5, 0.6) is 11.5 Å². The zero-order chi connectivity index (χ0) is 14.5. The van der Waals surface area contributed by atoms with E-state index in [1.807, 2.05) is 12.3 Å². The van der Waals surface area contributed by atoms with Crippen molar-refractivity contribution in [3.8, 4) is 22.8 Å². The predicted octanol–water partition coefficient (Wildman–Crippen LogP) is 0.851. The molecule has 104 valence electrons. The molecule has 1 aromatic carbocycles. The van der Waals surface area contributed by atoms with Crippen molar-refractivity contribution in [2.24, 2.45) is 5.84 Å². The van der Waals surface area contributed by atoms with Gasteiger partial charge >= 0.3 is 0 Å². The largest absolute Gasteiger partial charge is 0.504 e. The highest BCUT2D eigenvalue weighted by Crippen LogP contribution is 2.30. The minimum absolute atomic E-state index is 0.000158. The van der Waals surface area contributed by atoms with Gasteiger partial charge in [0.15, 0.2) is 11.5 Å². The van der Waals surface area contributed by atoms with E-state index in [1.165, 1.54) is 18.5 Å². The molecule has 1 heterocycles. The maximum Gasteiger partial charge on any atom is 0.285 e. The second-order valence-corrected chi connectivity index (χ2v) is 3.88. The second-order valence-electron chi connectivity index (χ2n) is 3.88. The number of carbonyl (C=O) groups is 1. The van der Waals surface area contributed by atoms with E-state index >= 15 is 0 Å². The summed E-state index contributed by atoms with van der Waals surface area (Å²) in [4.78, 5) is 19.4. The Hall–Kier alpha value is -2.67. The Morgan fingerprint density at radius 2 is 2.25 bits per heavy atom. The number of nitrogens with one attached hydrogen (secondary N) is 1. The summed E-state index contributed by atoms with van der Waals surface area (Å²) < 4.78 is 5.24. The van der Waals surface area contributed by atoms with E-state index in [2.05, 4.69) is 9.97 Å².